The highest BCUT2D eigenvalue weighted by molar-refractivity contribution is 7.11. The van der Waals surface area contributed by atoms with Crippen LogP contribution in [0.5, 0.6) is 10.8 Å². The molecule has 0 saturated heterocycles. The van der Waals surface area contributed by atoms with Gasteiger partial charge in [0.25, 0.3) is 5.69 Å². The van der Waals surface area contributed by atoms with Crippen molar-refractivity contribution in [1.82, 2.24) is 9.55 Å². The van der Waals surface area contributed by atoms with E-state index in [4.69, 9.17) is 9.73 Å². The molecule has 0 aliphatic carbocycles. The minimum absolute atomic E-state index is 0.00648. The number of hydrogen-bond donors (Lipinski definition) is 0. The summed E-state index contributed by atoms with van der Waals surface area (Å²) in [6.07, 6.45) is 1.70. The van der Waals surface area contributed by atoms with Gasteiger partial charge in [-0.1, -0.05) is 65.9 Å². The molecule has 7 nitrogen and oxygen atoms in total. The van der Waals surface area contributed by atoms with Gasteiger partial charge in [-0.05, 0) is 36.4 Å². The SMILES string of the molecule is O=[N+]([O-])c1ccc(Oc2s/c(=N\c3ccccn3)n(-c3ccccc3)c2-c2ccccc2)cc1. The maximum absolute atomic E-state index is 11.0. The van der Waals surface area contributed by atoms with E-state index < -0.39 is 4.92 Å². The molecule has 5 rings (SSSR count). The Kier molecular flexibility index (Phi) is 5.96. The van der Waals surface area contributed by atoms with Crippen LogP contribution in [0.4, 0.5) is 11.5 Å². The first kappa shape index (κ1) is 21.3. The Morgan fingerprint density at radius 1 is 0.853 bits per heavy atom. The number of thiazole rings is 1. The van der Waals surface area contributed by atoms with E-state index in [1.807, 2.05) is 83.4 Å². The first-order chi connectivity index (χ1) is 16.7. The predicted octanol–water partition coefficient (Wildman–Crippen LogP) is 6.53. The molecule has 0 bridgehead atoms. The minimum atomic E-state index is -0.433. The molecule has 0 aliphatic rings. The molecule has 166 valence electrons. The average Bonchev–Trinajstić information content (AvgIpc) is 3.23. The van der Waals surface area contributed by atoms with Crippen LogP contribution in [0.25, 0.3) is 16.9 Å². The summed E-state index contributed by atoms with van der Waals surface area (Å²) in [6, 6.07) is 31.4. The van der Waals surface area contributed by atoms with E-state index in [1.54, 1.807) is 18.3 Å². The number of nitro groups is 1. The van der Waals surface area contributed by atoms with Gasteiger partial charge in [0.15, 0.2) is 10.6 Å². The molecule has 0 spiro atoms. The summed E-state index contributed by atoms with van der Waals surface area (Å²) in [7, 11) is 0. The van der Waals surface area contributed by atoms with Crippen LogP contribution in [-0.4, -0.2) is 14.5 Å². The van der Waals surface area contributed by atoms with Gasteiger partial charge in [-0.2, -0.15) is 0 Å². The number of nitro benzene ring substituents is 1. The Hall–Kier alpha value is -4.56. The first-order valence-electron chi connectivity index (χ1n) is 10.4. The van der Waals surface area contributed by atoms with Crippen molar-refractivity contribution < 1.29 is 9.66 Å². The van der Waals surface area contributed by atoms with Crippen LogP contribution in [0.3, 0.4) is 0 Å². The Bertz CT molecular complexity index is 1480. The second-order valence-corrected chi connectivity index (χ2v) is 8.15. The lowest BCUT2D eigenvalue weighted by atomic mass is 10.1. The fourth-order valence-electron chi connectivity index (χ4n) is 3.43. The number of benzene rings is 3. The van der Waals surface area contributed by atoms with E-state index in [1.165, 1.54) is 23.5 Å². The summed E-state index contributed by atoms with van der Waals surface area (Å²) in [5, 5.41) is 11.6. The maximum atomic E-state index is 11.0. The molecule has 0 radical (unpaired) electrons. The van der Waals surface area contributed by atoms with E-state index in [-0.39, 0.29) is 5.69 Å². The zero-order valence-electron chi connectivity index (χ0n) is 17.8. The second-order valence-electron chi connectivity index (χ2n) is 7.21. The molecule has 3 aromatic carbocycles. The third-order valence-electron chi connectivity index (χ3n) is 4.97. The normalized spacial score (nSPS) is 11.4. The predicted molar refractivity (Wildman–Crippen MR) is 132 cm³/mol. The van der Waals surface area contributed by atoms with Gasteiger partial charge in [0, 0.05) is 29.6 Å². The van der Waals surface area contributed by atoms with Crippen molar-refractivity contribution in [2.75, 3.05) is 0 Å². The van der Waals surface area contributed by atoms with Crippen molar-refractivity contribution >= 4 is 22.8 Å². The number of hydrogen-bond acceptors (Lipinski definition) is 6. The lowest BCUT2D eigenvalue weighted by Crippen LogP contribution is -2.13. The van der Waals surface area contributed by atoms with Crippen molar-refractivity contribution in [2.45, 2.75) is 0 Å². The Balaban J connectivity index is 1.74. The van der Waals surface area contributed by atoms with E-state index in [0.29, 0.717) is 21.4 Å². The highest BCUT2D eigenvalue weighted by Gasteiger charge is 2.20. The number of ether oxygens (including phenoxy) is 1. The van der Waals surface area contributed by atoms with Crippen LogP contribution in [0.1, 0.15) is 0 Å². The molecule has 0 N–H and O–H groups in total. The number of pyridine rings is 1. The molecule has 0 saturated carbocycles. The number of rotatable bonds is 6. The van der Waals surface area contributed by atoms with Crippen molar-refractivity contribution in [3.63, 3.8) is 0 Å². The van der Waals surface area contributed by atoms with Gasteiger partial charge >= 0.3 is 0 Å². The molecule has 0 atom stereocenters. The number of nitrogens with zero attached hydrogens (tertiary/aromatic N) is 4. The summed E-state index contributed by atoms with van der Waals surface area (Å²) >= 11 is 1.38. The summed E-state index contributed by atoms with van der Waals surface area (Å²) in [5.41, 5.74) is 2.70. The van der Waals surface area contributed by atoms with Gasteiger partial charge in [-0.15, -0.1) is 0 Å². The number of non-ortho nitro benzene ring substituents is 1. The van der Waals surface area contributed by atoms with Gasteiger partial charge in [0.2, 0.25) is 5.06 Å². The summed E-state index contributed by atoms with van der Waals surface area (Å²) < 4.78 is 8.31. The fourth-order valence-corrected chi connectivity index (χ4v) is 4.46. The zero-order chi connectivity index (χ0) is 23.3. The van der Waals surface area contributed by atoms with Crippen molar-refractivity contribution in [3.8, 4) is 27.8 Å². The highest BCUT2D eigenvalue weighted by Crippen LogP contribution is 2.38. The van der Waals surface area contributed by atoms with E-state index >= 15 is 0 Å². The summed E-state index contributed by atoms with van der Waals surface area (Å²) in [5.74, 6) is 1.07. The Morgan fingerprint density at radius 2 is 1.53 bits per heavy atom. The average molecular weight is 467 g/mol. The zero-order valence-corrected chi connectivity index (χ0v) is 18.6. The van der Waals surface area contributed by atoms with E-state index in [0.717, 1.165) is 16.9 Å². The summed E-state index contributed by atoms with van der Waals surface area (Å²) in [4.78, 5) is 20.4. The largest absolute Gasteiger partial charge is 0.444 e. The van der Waals surface area contributed by atoms with Crippen LogP contribution >= 0.6 is 11.3 Å². The molecule has 0 amide bonds. The maximum Gasteiger partial charge on any atom is 0.269 e. The molecule has 5 aromatic rings. The lowest BCUT2D eigenvalue weighted by Gasteiger charge is -2.11. The molecule has 2 heterocycles. The topological polar surface area (TPSA) is 82.6 Å². The van der Waals surface area contributed by atoms with Crippen LogP contribution in [0.15, 0.2) is 114 Å². The monoisotopic (exact) mass is 466 g/mol. The van der Waals surface area contributed by atoms with Crippen LogP contribution in [0, 0.1) is 10.1 Å². The number of para-hydroxylation sites is 1. The first-order valence-corrected chi connectivity index (χ1v) is 11.3. The summed E-state index contributed by atoms with van der Waals surface area (Å²) in [6.45, 7) is 0. The minimum Gasteiger partial charge on any atom is -0.444 e. The molecule has 34 heavy (non-hydrogen) atoms. The quantitative estimate of drug-likeness (QED) is 0.210. The van der Waals surface area contributed by atoms with Crippen LogP contribution in [-0.2, 0) is 0 Å². The van der Waals surface area contributed by atoms with Crippen LogP contribution in [0.2, 0.25) is 0 Å². The van der Waals surface area contributed by atoms with E-state index in [2.05, 4.69) is 4.98 Å². The van der Waals surface area contributed by atoms with Gasteiger partial charge in [-0.25, -0.2) is 9.98 Å². The third-order valence-corrected chi connectivity index (χ3v) is 5.89. The fraction of sp³-hybridized carbons (Fsp3) is 0. The molecule has 8 heteroatoms. The van der Waals surface area contributed by atoms with Gasteiger partial charge in [0.1, 0.15) is 11.4 Å². The van der Waals surface area contributed by atoms with Crippen molar-refractivity contribution in [2.24, 2.45) is 4.99 Å². The molecule has 0 unspecified atom stereocenters. The molecule has 2 aromatic heterocycles. The van der Waals surface area contributed by atoms with Crippen molar-refractivity contribution in [3.05, 3.63) is 124 Å². The Morgan fingerprint density at radius 3 is 2.18 bits per heavy atom. The van der Waals surface area contributed by atoms with Gasteiger partial charge < -0.3 is 4.74 Å². The molecular weight excluding hydrogens is 448 g/mol. The van der Waals surface area contributed by atoms with E-state index in [9.17, 15) is 10.1 Å². The number of aromatic nitrogens is 2. The van der Waals surface area contributed by atoms with Crippen LogP contribution < -0.4 is 9.54 Å². The molecule has 0 fully saturated rings. The van der Waals surface area contributed by atoms with Gasteiger partial charge in [-0.3, -0.25) is 14.7 Å². The Labute approximate surface area is 199 Å². The second kappa shape index (κ2) is 9.51. The standard InChI is InChI=1S/C26H18N4O3S/c31-30(32)21-14-16-22(17-15-21)33-25-24(19-9-3-1-4-10-19)29(20-11-5-2-6-12-20)26(34-25)28-23-13-7-8-18-27-23/h1-18H/b28-26-. The lowest BCUT2D eigenvalue weighted by molar-refractivity contribution is -0.384. The smallest absolute Gasteiger partial charge is 0.269 e. The molecule has 0 aliphatic heterocycles. The van der Waals surface area contributed by atoms with Gasteiger partial charge in [0.05, 0.1) is 4.92 Å². The highest BCUT2D eigenvalue weighted by atomic mass is 32.1. The third kappa shape index (κ3) is 4.48. The molecular formula is C26H18N4O3S. The van der Waals surface area contributed by atoms with Crippen molar-refractivity contribution in [1.29, 1.82) is 0 Å².